The number of nitrogens with zero attached hydrogens (tertiary/aromatic N) is 1. The summed E-state index contributed by atoms with van der Waals surface area (Å²) in [6, 6.07) is 6.26. The zero-order chi connectivity index (χ0) is 16.0. The van der Waals surface area contributed by atoms with E-state index >= 15 is 0 Å². The maximum atomic E-state index is 12.1. The Labute approximate surface area is 122 Å². The van der Waals surface area contributed by atoms with Crippen LogP contribution in [0.1, 0.15) is 12.5 Å². The summed E-state index contributed by atoms with van der Waals surface area (Å²) in [6.45, 7) is 2.26. The van der Waals surface area contributed by atoms with E-state index in [-0.39, 0.29) is 0 Å². The number of amides is 1. The largest absolute Gasteiger partial charge is 0.480 e. The van der Waals surface area contributed by atoms with Crippen molar-refractivity contribution in [3.8, 4) is 0 Å². The van der Waals surface area contributed by atoms with Crippen LogP contribution in [0, 0.1) is 6.92 Å². The fourth-order valence-corrected chi connectivity index (χ4v) is 1.79. The molecule has 7 nitrogen and oxygen atoms in total. The van der Waals surface area contributed by atoms with Crippen LogP contribution in [-0.2, 0) is 14.4 Å². The van der Waals surface area contributed by atoms with E-state index in [0.717, 1.165) is 10.5 Å². The van der Waals surface area contributed by atoms with Crippen LogP contribution in [0.4, 0.5) is 5.69 Å². The van der Waals surface area contributed by atoms with Gasteiger partial charge >= 0.3 is 11.9 Å². The number of benzene rings is 1. The summed E-state index contributed by atoms with van der Waals surface area (Å²) in [5.41, 5.74) is 1.47. The van der Waals surface area contributed by atoms with Crippen LogP contribution in [0.5, 0.6) is 0 Å². The number of nitrogens with one attached hydrogen (secondary N) is 1. The number of hydrogen-bond donors (Lipinski definition) is 3. The van der Waals surface area contributed by atoms with Crippen LogP contribution in [0.2, 0.25) is 0 Å². The molecule has 3 N–H and O–H groups in total. The van der Waals surface area contributed by atoms with Crippen molar-refractivity contribution in [1.29, 1.82) is 0 Å². The van der Waals surface area contributed by atoms with Gasteiger partial charge in [-0.1, -0.05) is 18.2 Å². The summed E-state index contributed by atoms with van der Waals surface area (Å²) in [5, 5.41) is 20.3. The first-order chi connectivity index (χ1) is 9.81. The molecule has 114 valence electrons. The van der Waals surface area contributed by atoms with Gasteiger partial charge in [0, 0.05) is 5.69 Å². The van der Waals surface area contributed by atoms with Gasteiger partial charge in [0.25, 0.3) is 0 Å². The lowest BCUT2D eigenvalue weighted by molar-refractivity contribution is -0.143. The molecule has 7 heteroatoms. The van der Waals surface area contributed by atoms with Crippen LogP contribution < -0.4 is 5.32 Å². The van der Waals surface area contributed by atoms with Crippen molar-refractivity contribution in [2.45, 2.75) is 19.9 Å². The standard InChI is InChI=1S/C14H18N2O5/c1-9-5-3-4-6-11(9)15-14(21)10(2)16(7-12(17)18)8-13(19)20/h3-6,10H,7-8H2,1-2H3,(H,15,21)(H,17,18)(H,19,20). The highest BCUT2D eigenvalue weighted by Crippen LogP contribution is 2.14. The lowest BCUT2D eigenvalue weighted by Crippen LogP contribution is -2.46. The first-order valence-electron chi connectivity index (χ1n) is 6.35. The van der Waals surface area contributed by atoms with Crippen molar-refractivity contribution in [3.63, 3.8) is 0 Å². The van der Waals surface area contributed by atoms with Gasteiger partial charge in [-0.25, -0.2) is 0 Å². The Morgan fingerprint density at radius 2 is 1.67 bits per heavy atom. The van der Waals surface area contributed by atoms with Gasteiger partial charge in [-0.3, -0.25) is 19.3 Å². The molecule has 0 spiro atoms. The molecule has 0 aromatic heterocycles. The second-order valence-corrected chi connectivity index (χ2v) is 4.67. The van der Waals surface area contributed by atoms with E-state index in [1.165, 1.54) is 6.92 Å². The van der Waals surface area contributed by atoms with Gasteiger partial charge in [0.15, 0.2) is 0 Å². The summed E-state index contributed by atoms with van der Waals surface area (Å²) in [6.07, 6.45) is 0. The molecule has 1 rings (SSSR count). The molecule has 1 unspecified atom stereocenters. The van der Waals surface area contributed by atoms with Gasteiger partial charge < -0.3 is 15.5 Å². The van der Waals surface area contributed by atoms with Crippen molar-refractivity contribution in [1.82, 2.24) is 4.90 Å². The molecule has 0 bridgehead atoms. The van der Waals surface area contributed by atoms with Gasteiger partial charge in [0.2, 0.25) is 5.91 Å². The molecule has 1 aromatic carbocycles. The summed E-state index contributed by atoms with van der Waals surface area (Å²) in [4.78, 5) is 34.7. The number of rotatable bonds is 7. The molecule has 0 radical (unpaired) electrons. The Bertz CT molecular complexity index is 528. The Balaban J connectivity index is 2.80. The van der Waals surface area contributed by atoms with Crippen molar-refractivity contribution in [2.75, 3.05) is 18.4 Å². The number of carboxylic acids is 2. The van der Waals surface area contributed by atoms with E-state index in [1.54, 1.807) is 12.1 Å². The van der Waals surface area contributed by atoms with Crippen LogP contribution in [0.3, 0.4) is 0 Å². The monoisotopic (exact) mass is 294 g/mol. The number of carbonyl (C=O) groups excluding carboxylic acids is 1. The van der Waals surface area contributed by atoms with Crippen LogP contribution in [0.15, 0.2) is 24.3 Å². The highest BCUT2D eigenvalue weighted by atomic mass is 16.4. The molecule has 0 aliphatic rings. The molecule has 1 amide bonds. The number of carboxylic acid groups (broad SMARTS) is 2. The van der Waals surface area contributed by atoms with Crippen molar-refractivity contribution >= 4 is 23.5 Å². The molecule has 21 heavy (non-hydrogen) atoms. The average molecular weight is 294 g/mol. The molecule has 0 aliphatic carbocycles. The van der Waals surface area contributed by atoms with E-state index in [1.807, 2.05) is 19.1 Å². The molecule has 1 atom stereocenters. The van der Waals surface area contributed by atoms with Crippen LogP contribution in [-0.4, -0.2) is 52.1 Å². The summed E-state index contributed by atoms with van der Waals surface area (Å²) in [7, 11) is 0. The second kappa shape index (κ2) is 7.39. The molecule has 0 fully saturated rings. The first kappa shape index (κ1) is 16.6. The van der Waals surface area contributed by atoms with E-state index in [2.05, 4.69) is 5.32 Å². The van der Waals surface area contributed by atoms with Crippen molar-refractivity contribution in [3.05, 3.63) is 29.8 Å². The number of aryl methyl sites for hydroxylation is 1. The van der Waals surface area contributed by atoms with Gasteiger partial charge in [-0.2, -0.15) is 0 Å². The number of hydrogen-bond acceptors (Lipinski definition) is 4. The summed E-state index contributed by atoms with van der Waals surface area (Å²) < 4.78 is 0. The lowest BCUT2D eigenvalue weighted by atomic mass is 10.2. The minimum absolute atomic E-state index is 0.452. The van der Waals surface area contributed by atoms with Crippen LogP contribution >= 0.6 is 0 Å². The zero-order valence-corrected chi connectivity index (χ0v) is 11.9. The highest BCUT2D eigenvalue weighted by Gasteiger charge is 2.25. The minimum Gasteiger partial charge on any atom is -0.480 e. The average Bonchev–Trinajstić information content (AvgIpc) is 2.38. The number of carbonyl (C=O) groups is 3. The molecule has 0 aliphatic heterocycles. The Kier molecular flexibility index (Phi) is 5.86. The van der Waals surface area contributed by atoms with Gasteiger partial charge in [0.05, 0.1) is 19.1 Å². The maximum Gasteiger partial charge on any atom is 0.317 e. The van der Waals surface area contributed by atoms with Crippen LogP contribution in [0.25, 0.3) is 0 Å². The molecule has 0 saturated carbocycles. The molecular formula is C14H18N2O5. The van der Waals surface area contributed by atoms with E-state index in [9.17, 15) is 14.4 Å². The topological polar surface area (TPSA) is 107 Å². The third kappa shape index (κ3) is 5.23. The smallest absolute Gasteiger partial charge is 0.317 e. The predicted molar refractivity (Wildman–Crippen MR) is 76.1 cm³/mol. The lowest BCUT2D eigenvalue weighted by Gasteiger charge is -2.25. The third-order valence-corrected chi connectivity index (χ3v) is 3.01. The van der Waals surface area contributed by atoms with Crippen molar-refractivity contribution < 1.29 is 24.6 Å². The van der Waals surface area contributed by atoms with Gasteiger partial charge in [0.1, 0.15) is 0 Å². The van der Waals surface area contributed by atoms with E-state index in [0.29, 0.717) is 5.69 Å². The Hall–Kier alpha value is -2.41. The molecule has 0 saturated heterocycles. The van der Waals surface area contributed by atoms with Gasteiger partial charge in [-0.15, -0.1) is 0 Å². The SMILES string of the molecule is Cc1ccccc1NC(=O)C(C)N(CC(=O)O)CC(=O)O. The molecular weight excluding hydrogens is 276 g/mol. The molecule has 1 aromatic rings. The predicted octanol–water partition coefficient (Wildman–Crippen LogP) is 0.793. The molecule has 0 heterocycles. The Morgan fingerprint density at radius 1 is 1.14 bits per heavy atom. The summed E-state index contributed by atoms with van der Waals surface area (Å²) in [5.74, 6) is -2.83. The van der Waals surface area contributed by atoms with Gasteiger partial charge in [-0.05, 0) is 25.5 Å². The maximum absolute atomic E-state index is 12.1. The third-order valence-electron chi connectivity index (χ3n) is 3.01. The fraction of sp³-hybridized carbons (Fsp3) is 0.357. The normalized spacial score (nSPS) is 12.0. The Morgan fingerprint density at radius 3 is 2.14 bits per heavy atom. The summed E-state index contributed by atoms with van der Waals surface area (Å²) >= 11 is 0. The fourth-order valence-electron chi connectivity index (χ4n) is 1.79. The van der Waals surface area contributed by atoms with E-state index < -0.39 is 37.0 Å². The quantitative estimate of drug-likeness (QED) is 0.686. The number of para-hydroxylation sites is 1. The highest BCUT2D eigenvalue weighted by molar-refractivity contribution is 5.95. The van der Waals surface area contributed by atoms with Crippen molar-refractivity contribution in [2.24, 2.45) is 0 Å². The van der Waals surface area contributed by atoms with E-state index in [4.69, 9.17) is 10.2 Å². The number of anilines is 1. The number of aliphatic carboxylic acids is 2. The second-order valence-electron chi connectivity index (χ2n) is 4.67. The zero-order valence-electron chi connectivity index (χ0n) is 11.9. The first-order valence-corrected chi connectivity index (χ1v) is 6.35. The minimum atomic E-state index is -1.19.